The van der Waals surface area contributed by atoms with Crippen molar-refractivity contribution in [2.45, 2.75) is 51.9 Å². The molecule has 4 heteroatoms. The fourth-order valence-corrected chi connectivity index (χ4v) is 3.09. The minimum Gasteiger partial charge on any atom is -0.355 e. The molecular formula is C14H27ClN2O. The highest BCUT2D eigenvalue weighted by Crippen LogP contribution is 2.26. The number of nitrogens with one attached hydrogen (secondary N) is 2. The van der Waals surface area contributed by atoms with Crippen molar-refractivity contribution in [3.8, 4) is 0 Å². The zero-order chi connectivity index (χ0) is 12.1. The maximum atomic E-state index is 12.2. The Bertz CT molecular complexity index is 259. The molecule has 1 aliphatic heterocycles. The first-order valence-corrected chi connectivity index (χ1v) is 7.20. The molecule has 0 spiro atoms. The zero-order valence-electron chi connectivity index (χ0n) is 11.5. The van der Waals surface area contributed by atoms with E-state index in [4.69, 9.17) is 0 Å². The Morgan fingerprint density at radius 1 is 1.28 bits per heavy atom. The number of carbonyl (C=O) groups excluding carboxylic acids is 1. The van der Waals surface area contributed by atoms with Crippen LogP contribution in [0.15, 0.2) is 0 Å². The lowest BCUT2D eigenvalue weighted by Crippen LogP contribution is -2.49. The van der Waals surface area contributed by atoms with Gasteiger partial charge in [0.15, 0.2) is 0 Å². The second-order valence-corrected chi connectivity index (χ2v) is 6.06. The van der Waals surface area contributed by atoms with E-state index in [2.05, 4.69) is 17.6 Å². The highest BCUT2D eigenvalue weighted by atomic mass is 35.5. The average Bonchev–Trinajstić information content (AvgIpc) is 2.38. The fourth-order valence-electron chi connectivity index (χ4n) is 3.09. The summed E-state index contributed by atoms with van der Waals surface area (Å²) < 4.78 is 0. The van der Waals surface area contributed by atoms with Gasteiger partial charge in [-0.3, -0.25) is 4.79 Å². The highest BCUT2D eigenvalue weighted by molar-refractivity contribution is 5.85. The predicted molar refractivity (Wildman–Crippen MR) is 77.0 cm³/mol. The van der Waals surface area contributed by atoms with Crippen molar-refractivity contribution in [3.05, 3.63) is 0 Å². The van der Waals surface area contributed by atoms with E-state index in [1.165, 1.54) is 32.1 Å². The number of carbonyl (C=O) groups is 1. The minimum atomic E-state index is -0.174. The SMILES string of the molecule is CC1(C(=O)NCC2CCCCC2)CCCNC1.Cl. The molecule has 18 heavy (non-hydrogen) atoms. The summed E-state index contributed by atoms with van der Waals surface area (Å²) in [4.78, 5) is 12.2. The summed E-state index contributed by atoms with van der Waals surface area (Å²) in [5, 5.41) is 6.52. The van der Waals surface area contributed by atoms with Gasteiger partial charge in [0.05, 0.1) is 5.41 Å². The lowest BCUT2D eigenvalue weighted by molar-refractivity contribution is -0.131. The monoisotopic (exact) mass is 274 g/mol. The van der Waals surface area contributed by atoms with Crippen molar-refractivity contribution < 1.29 is 4.79 Å². The van der Waals surface area contributed by atoms with E-state index in [1.807, 2.05) is 0 Å². The fraction of sp³-hybridized carbons (Fsp3) is 0.929. The maximum Gasteiger partial charge on any atom is 0.227 e. The smallest absolute Gasteiger partial charge is 0.227 e. The number of halogens is 1. The van der Waals surface area contributed by atoms with E-state index in [0.29, 0.717) is 0 Å². The quantitative estimate of drug-likeness (QED) is 0.830. The van der Waals surface area contributed by atoms with Crippen LogP contribution in [0.4, 0.5) is 0 Å². The summed E-state index contributed by atoms with van der Waals surface area (Å²) in [5.74, 6) is 0.989. The van der Waals surface area contributed by atoms with Crippen molar-refractivity contribution in [2.24, 2.45) is 11.3 Å². The van der Waals surface area contributed by atoms with Gasteiger partial charge in [-0.1, -0.05) is 19.3 Å². The van der Waals surface area contributed by atoms with Gasteiger partial charge >= 0.3 is 0 Å². The van der Waals surface area contributed by atoms with E-state index in [0.717, 1.165) is 38.4 Å². The van der Waals surface area contributed by atoms with Gasteiger partial charge in [-0.25, -0.2) is 0 Å². The van der Waals surface area contributed by atoms with Gasteiger partial charge in [-0.05, 0) is 45.1 Å². The van der Waals surface area contributed by atoms with Crippen molar-refractivity contribution >= 4 is 18.3 Å². The Hall–Kier alpha value is -0.280. The molecule has 0 aromatic heterocycles. The van der Waals surface area contributed by atoms with Crippen LogP contribution in [-0.4, -0.2) is 25.5 Å². The van der Waals surface area contributed by atoms with Gasteiger partial charge < -0.3 is 10.6 Å². The molecule has 2 aliphatic rings. The van der Waals surface area contributed by atoms with E-state index >= 15 is 0 Å². The topological polar surface area (TPSA) is 41.1 Å². The number of piperidine rings is 1. The first kappa shape index (κ1) is 15.8. The van der Waals surface area contributed by atoms with E-state index < -0.39 is 0 Å². The molecule has 0 aromatic rings. The first-order valence-electron chi connectivity index (χ1n) is 7.20. The molecule has 0 radical (unpaired) electrons. The molecule has 106 valence electrons. The molecule has 2 N–H and O–H groups in total. The van der Waals surface area contributed by atoms with Crippen LogP contribution in [0.25, 0.3) is 0 Å². The van der Waals surface area contributed by atoms with Gasteiger partial charge in [0.2, 0.25) is 5.91 Å². The van der Waals surface area contributed by atoms with Gasteiger partial charge in [0.1, 0.15) is 0 Å². The largest absolute Gasteiger partial charge is 0.355 e. The lowest BCUT2D eigenvalue weighted by Gasteiger charge is -2.33. The van der Waals surface area contributed by atoms with Crippen LogP contribution in [0, 0.1) is 11.3 Å². The molecule has 1 aliphatic carbocycles. The number of amides is 1. The molecule has 3 nitrogen and oxygen atoms in total. The molecule has 0 bridgehead atoms. The lowest BCUT2D eigenvalue weighted by atomic mass is 9.81. The Labute approximate surface area is 117 Å². The maximum absolute atomic E-state index is 12.2. The van der Waals surface area contributed by atoms with Crippen LogP contribution in [0.3, 0.4) is 0 Å². The second kappa shape index (κ2) is 7.34. The summed E-state index contributed by atoms with van der Waals surface area (Å²) in [6, 6.07) is 0. The van der Waals surface area contributed by atoms with Crippen LogP contribution < -0.4 is 10.6 Å². The van der Waals surface area contributed by atoms with Crippen LogP contribution in [0.5, 0.6) is 0 Å². The first-order chi connectivity index (χ1) is 8.21. The molecule has 2 rings (SSSR count). The molecular weight excluding hydrogens is 248 g/mol. The van der Waals surface area contributed by atoms with Gasteiger partial charge in [-0.15, -0.1) is 12.4 Å². The van der Waals surface area contributed by atoms with Crippen LogP contribution in [0.2, 0.25) is 0 Å². The molecule has 1 unspecified atom stereocenters. The molecule has 1 saturated heterocycles. The third-order valence-electron chi connectivity index (χ3n) is 4.42. The summed E-state index contributed by atoms with van der Waals surface area (Å²) in [5.41, 5.74) is -0.174. The summed E-state index contributed by atoms with van der Waals surface area (Å²) in [6.07, 6.45) is 8.82. The van der Waals surface area contributed by atoms with Gasteiger partial charge in [0.25, 0.3) is 0 Å². The Morgan fingerprint density at radius 2 is 2.00 bits per heavy atom. The van der Waals surface area contributed by atoms with Crippen LogP contribution in [0.1, 0.15) is 51.9 Å². The van der Waals surface area contributed by atoms with Crippen molar-refractivity contribution in [3.63, 3.8) is 0 Å². The van der Waals surface area contributed by atoms with E-state index in [-0.39, 0.29) is 23.7 Å². The molecule has 1 heterocycles. The highest BCUT2D eigenvalue weighted by Gasteiger charge is 2.34. The van der Waals surface area contributed by atoms with E-state index in [1.54, 1.807) is 0 Å². The molecule has 1 saturated carbocycles. The van der Waals surface area contributed by atoms with Crippen molar-refractivity contribution in [1.82, 2.24) is 10.6 Å². The summed E-state index contributed by atoms with van der Waals surface area (Å²) >= 11 is 0. The Kier molecular flexibility index (Phi) is 6.44. The number of rotatable bonds is 3. The Balaban J connectivity index is 0.00000162. The zero-order valence-corrected chi connectivity index (χ0v) is 12.3. The van der Waals surface area contributed by atoms with Crippen molar-refractivity contribution in [2.75, 3.05) is 19.6 Å². The number of hydrogen-bond donors (Lipinski definition) is 2. The third kappa shape index (κ3) is 4.13. The van der Waals surface area contributed by atoms with Crippen LogP contribution in [-0.2, 0) is 4.79 Å². The molecule has 2 fully saturated rings. The summed E-state index contributed by atoms with van der Waals surface area (Å²) in [6.45, 7) is 4.89. The molecule has 0 aromatic carbocycles. The van der Waals surface area contributed by atoms with E-state index in [9.17, 15) is 4.79 Å². The minimum absolute atomic E-state index is 0. The standard InChI is InChI=1S/C14H26N2O.ClH/c1-14(8-5-9-15-11-14)13(17)16-10-12-6-3-2-4-7-12;/h12,15H,2-11H2,1H3,(H,16,17);1H. The Morgan fingerprint density at radius 3 is 2.61 bits per heavy atom. The summed E-state index contributed by atoms with van der Waals surface area (Å²) in [7, 11) is 0. The average molecular weight is 275 g/mol. The van der Waals surface area contributed by atoms with Crippen molar-refractivity contribution in [1.29, 1.82) is 0 Å². The molecule has 1 amide bonds. The van der Waals surface area contributed by atoms with Gasteiger partial charge in [0, 0.05) is 13.1 Å². The number of hydrogen-bond acceptors (Lipinski definition) is 2. The molecule has 1 atom stereocenters. The van der Waals surface area contributed by atoms with Gasteiger partial charge in [-0.2, -0.15) is 0 Å². The third-order valence-corrected chi connectivity index (χ3v) is 4.42. The normalized spacial score (nSPS) is 29.4. The second-order valence-electron chi connectivity index (χ2n) is 6.06. The predicted octanol–water partition coefficient (Wildman–Crippen LogP) is 2.49. The van der Waals surface area contributed by atoms with Crippen LogP contribution >= 0.6 is 12.4 Å².